The molecule has 1 aromatic rings. The van der Waals surface area contributed by atoms with Crippen LogP contribution >= 0.6 is 22.2 Å². The smallest absolute Gasteiger partial charge is 0.255 e. The van der Waals surface area contributed by atoms with Gasteiger partial charge in [0, 0.05) is 0 Å². The van der Waals surface area contributed by atoms with Crippen molar-refractivity contribution >= 4 is 33.8 Å². The minimum atomic E-state index is -0.135. The summed E-state index contributed by atoms with van der Waals surface area (Å²) in [6, 6.07) is 5.78. The molecule has 1 unspecified atom stereocenters. The summed E-state index contributed by atoms with van der Waals surface area (Å²) in [5.74, 6) is 0.0124. The summed E-state index contributed by atoms with van der Waals surface area (Å²) in [6.45, 7) is 8.02. The third-order valence-electron chi connectivity index (χ3n) is 4.64. The molecule has 1 aliphatic rings. The Labute approximate surface area is 153 Å². The molecule has 1 atom stereocenters. The zero-order valence-corrected chi connectivity index (χ0v) is 16.4. The second-order valence-electron chi connectivity index (χ2n) is 6.41. The normalized spacial score (nSPS) is 18.6. The Morgan fingerprint density at radius 1 is 1.33 bits per heavy atom. The van der Waals surface area contributed by atoms with Crippen LogP contribution in [0, 0.1) is 13.8 Å². The van der Waals surface area contributed by atoms with Crippen LogP contribution in [0.2, 0.25) is 0 Å². The molecular weight excluding hydrogens is 343 g/mol. The molecule has 0 aromatic heterocycles. The zero-order chi connectivity index (χ0) is 17.5. The van der Waals surface area contributed by atoms with Crippen LogP contribution in [0.5, 0.6) is 0 Å². The molecule has 0 saturated carbocycles. The number of rotatable bonds is 7. The summed E-state index contributed by atoms with van der Waals surface area (Å²) in [6.07, 6.45) is 5.28. The van der Waals surface area contributed by atoms with E-state index in [9.17, 15) is 8.68 Å². The fourth-order valence-electron chi connectivity index (χ4n) is 3.37. The number of carbonyl (C=O) groups is 1. The van der Waals surface area contributed by atoms with Crippen molar-refractivity contribution in [2.75, 3.05) is 17.4 Å². The lowest BCUT2D eigenvalue weighted by atomic mass is 10.00. The molecule has 24 heavy (non-hydrogen) atoms. The number of anilines is 1. The van der Waals surface area contributed by atoms with Crippen LogP contribution in [0.4, 0.5) is 9.57 Å². The monoisotopic (exact) mass is 370 g/mol. The lowest BCUT2D eigenvalue weighted by Crippen LogP contribution is -2.49. The molecule has 1 fully saturated rings. The minimum absolute atomic E-state index is 0.0124. The van der Waals surface area contributed by atoms with Crippen molar-refractivity contribution < 1.29 is 8.68 Å². The number of amides is 1. The first kappa shape index (κ1) is 19.6. The van der Waals surface area contributed by atoms with E-state index in [1.807, 2.05) is 32.0 Å². The Balaban J connectivity index is 2.27. The average Bonchev–Trinajstić information content (AvgIpc) is 2.58. The van der Waals surface area contributed by atoms with Crippen molar-refractivity contribution in [1.29, 1.82) is 0 Å². The number of carbonyl (C=O) groups excluding carboxylic acids is 1. The Kier molecular flexibility index (Phi) is 7.91. The molecule has 1 aliphatic heterocycles. The molecule has 1 saturated heterocycles. The van der Waals surface area contributed by atoms with Crippen molar-refractivity contribution in [3.8, 4) is 0 Å². The quantitative estimate of drug-likeness (QED) is 0.469. The van der Waals surface area contributed by atoms with Gasteiger partial charge < -0.3 is 0 Å². The van der Waals surface area contributed by atoms with Gasteiger partial charge in [-0.2, -0.15) is 3.89 Å². The molecule has 1 aromatic carbocycles. The van der Waals surface area contributed by atoms with E-state index in [4.69, 9.17) is 0 Å². The first-order chi connectivity index (χ1) is 11.6. The Hall–Kier alpha value is -0.720. The number of unbranched alkanes of at least 4 members (excludes halogenated alkanes) is 1. The number of benzene rings is 1. The summed E-state index contributed by atoms with van der Waals surface area (Å²) < 4.78 is 14.7. The van der Waals surface area contributed by atoms with Gasteiger partial charge in [0.15, 0.2) is 0 Å². The summed E-state index contributed by atoms with van der Waals surface area (Å²) in [7, 11) is 0.893. The highest BCUT2D eigenvalue weighted by molar-refractivity contribution is 8.75. The van der Waals surface area contributed by atoms with Crippen LogP contribution in [0.3, 0.4) is 0 Å². The second-order valence-corrected chi connectivity index (χ2v) is 7.88. The van der Waals surface area contributed by atoms with E-state index in [-0.39, 0.29) is 23.1 Å². The number of piperidine rings is 1. The zero-order valence-electron chi connectivity index (χ0n) is 14.8. The van der Waals surface area contributed by atoms with Gasteiger partial charge in [0.2, 0.25) is 0 Å². The van der Waals surface area contributed by atoms with Gasteiger partial charge in [-0.15, -0.1) is 0 Å². The van der Waals surface area contributed by atoms with E-state index >= 15 is 0 Å². The van der Waals surface area contributed by atoms with Gasteiger partial charge in [0.25, 0.3) is 5.91 Å². The van der Waals surface area contributed by atoms with Crippen LogP contribution in [0.15, 0.2) is 18.2 Å². The third-order valence-corrected chi connectivity index (χ3v) is 5.83. The molecule has 2 rings (SSSR count). The Bertz CT molecular complexity index is 536. The van der Waals surface area contributed by atoms with Gasteiger partial charge in [-0.05, 0) is 57.3 Å². The van der Waals surface area contributed by atoms with Gasteiger partial charge in [-0.25, -0.2) is 4.31 Å². The van der Waals surface area contributed by atoms with Gasteiger partial charge in [-0.3, -0.25) is 9.69 Å². The number of hydrogen-bond donors (Lipinski definition) is 0. The molecule has 3 nitrogen and oxygen atoms in total. The van der Waals surface area contributed by atoms with Gasteiger partial charge in [-0.1, -0.05) is 38.0 Å². The van der Waals surface area contributed by atoms with Crippen LogP contribution < -0.4 is 4.31 Å². The van der Waals surface area contributed by atoms with Gasteiger partial charge >= 0.3 is 0 Å². The molecule has 0 aliphatic carbocycles. The van der Waals surface area contributed by atoms with E-state index in [2.05, 4.69) is 11.8 Å². The highest BCUT2D eigenvalue weighted by Gasteiger charge is 2.34. The molecular formula is C18H27FN2OS2. The molecule has 0 bridgehead atoms. The number of halogens is 1. The maximum absolute atomic E-state index is 13.3. The molecule has 0 N–H and O–H groups in total. The average molecular weight is 371 g/mol. The first-order valence-corrected chi connectivity index (χ1v) is 10.7. The lowest BCUT2D eigenvalue weighted by Gasteiger charge is -2.37. The highest BCUT2D eigenvalue weighted by atomic mass is 33.1. The van der Waals surface area contributed by atoms with Gasteiger partial charge in [0.1, 0.15) is 11.2 Å². The summed E-state index contributed by atoms with van der Waals surface area (Å²) >= 11 is 0.137. The van der Waals surface area contributed by atoms with Gasteiger partial charge in [0.05, 0.1) is 22.7 Å². The van der Waals surface area contributed by atoms with Crippen LogP contribution in [0.25, 0.3) is 0 Å². The maximum atomic E-state index is 13.3. The predicted octanol–water partition coefficient (Wildman–Crippen LogP) is 5.47. The largest absolute Gasteiger partial charge is 0.292 e. The van der Waals surface area contributed by atoms with Crippen molar-refractivity contribution in [2.45, 2.75) is 58.9 Å². The third kappa shape index (κ3) is 4.67. The molecule has 1 heterocycles. The fourth-order valence-corrected chi connectivity index (χ4v) is 4.60. The lowest BCUT2D eigenvalue weighted by molar-refractivity contribution is -0.123. The Morgan fingerprint density at radius 3 is 2.67 bits per heavy atom. The van der Waals surface area contributed by atoms with E-state index in [1.54, 1.807) is 4.31 Å². The van der Waals surface area contributed by atoms with E-state index in [0.717, 1.165) is 73.0 Å². The summed E-state index contributed by atoms with van der Waals surface area (Å²) in [4.78, 5) is 15.5. The summed E-state index contributed by atoms with van der Waals surface area (Å²) in [5.41, 5.74) is 2.83. The molecule has 6 heteroatoms. The minimum Gasteiger partial charge on any atom is -0.292 e. The number of para-hydroxylation sites is 1. The van der Waals surface area contributed by atoms with E-state index < -0.39 is 0 Å². The standard InChI is InChI=1S/C18H27FN2OS2/c1-4-5-12-20-13-7-6-11-16(20)18(22)21(24-23-19)17-14(2)9-8-10-15(17)3/h8-10,16H,4-7,11-13H2,1-3H3. The Morgan fingerprint density at radius 2 is 2.04 bits per heavy atom. The number of aryl methyl sites for hydroxylation is 2. The van der Waals surface area contributed by atoms with Crippen molar-refractivity contribution in [2.24, 2.45) is 0 Å². The topological polar surface area (TPSA) is 23.6 Å². The number of likely N-dealkylation sites (tertiary alicyclic amines) is 1. The predicted molar refractivity (Wildman–Crippen MR) is 104 cm³/mol. The first-order valence-electron chi connectivity index (χ1n) is 8.69. The van der Waals surface area contributed by atoms with E-state index in [0.29, 0.717) is 0 Å². The van der Waals surface area contributed by atoms with Crippen LogP contribution in [-0.2, 0) is 4.79 Å². The van der Waals surface area contributed by atoms with Crippen molar-refractivity contribution in [3.63, 3.8) is 0 Å². The van der Waals surface area contributed by atoms with Crippen molar-refractivity contribution in [1.82, 2.24) is 4.90 Å². The maximum Gasteiger partial charge on any atom is 0.255 e. The second kappa shape index (κ2) is 9.68. The number of hydrogen-bond acceptors (Lipinski definition) is 4. The molecule has 134 valence electrons. The fraction of sp³-hybridized carbons (Fsp3) is 0.611. The SMILES string of the molecule is CCCCN1CCCCC1C(=O)N(SSF)c1c(C)cccc1C. The van der Waals surface area contributed by atoms with Crippen LogP contribution in [0.1, 0.15) is 50.2 Å². The molecule has 1 amide bonds. The van der Waals surface area contributed by atoms with Crippen LogP contribution in [-0.4, -0.2) is 29.9 Å². The molecule has 0 radical (unpaired) electrons. The van der Waals surface area contributed by atoms with E-state index in [1.165, 1.54) is 0 Å². The highest BCUT2D eigenvalue weighted by Crippen LogP contribution is 2.38. The summed E-state index contributed by atoms with van der Waals surface area (Å²) in [5, 5.41) is 0. The van der Waals surface area contributed by atoms with Crippen molar-refractivity contribution in [3.05, 3.63) is 29.3 Å². The number of nitrogens with zero attached hydrogens (tertiary/aromatic N) is 2. The molecule has 0 spiro atoms.